The Morgan fingerprint density at radius 1 is 1.03 bits per heavy atom. The fraction of sp³-hybridized carbons (Fsp3) is 0.522. The average molecular weight is 446 g/mol. The van der Waals surface area contributed by atoms with Crippen molar-refractivity contribution in [2.75, 3.05) is 43.1 Å². The number of carbonyl (C=O) groups is 1. The van der Waals surface area contributed by atoms with Gasteiger partial charge >= 0.3 is 0 Å². The second-order valence-corrected chi connectivity index (χ2v) is 8.86. The number of halogens is 1. The third kappa shape index (κ3) is 5.10. The van der Waals surface area contributed by atoms with Crippen LogP contribution in [-0.4, -0.2) is 38.8 Å². The molecule has 2 fully saturated rings. The molecule has 0 bridgehead atoms. The van der Waals surface area contributed by atoms with E-state index in [0.717, 1.165) is 31.2 Å². The number of benzene rings is 1. The van der Waals surface area contributed by atoms with Gasteiger partial charge in [0, 0.05) is 37.1 Å². The molecule has 2 N–H and O–H groups in total. The molecule has 0 aromatic heterocycles. The summed E-state index contributed by atoms with van der Waals surface area (Å²) in [7, 11) is 0. The molecule has 0 spiro atoms. The van der Waals surface area contributed by atoms with Gasteiger partial charge in [-0.15, -0.1) is 0 Å². The maximum Gasteiger partial charge on any atom is 0.253 e. The van der Waals surface area contributed by atoms with Crippen LogP contribution >= 0.6 is 11.6 Å². The standard InChI is InChI=1S/C23H28ClN3O4/c24-18-7-3-16(4-8-18)14-26-23(30)17-5-1-15(2-6-17)13-25-19-20(22(29)21(19)28)27-9-11-31-12-10-27/h3-4,7-8,15,17,25H,1-2,5-6,9-14H2,(H,26,30). The number of carbonyl (C=O) groups excluding carboxylic acids is 1. The highest BCUT2D eigenvalue weighted by atomic mass is 35.5. The molecule has 1 aliphatic heterocycles. The van der Waals surface area contributed by atoms with Crippen LogP contribution in [0, 0.1) is 11.8 Å². The second kappa shape index (κ2) is 9.83. The summed E-state index contributed by atoms with van der Waals surface area (Å²) < 4.78 is 5.33. The zero-order valence-corrected chi connectivity index (χ0v) is 18.2. The molecule has 7 nitrogen and oxygen atoms in total. The molecule has 166 valence electrons. The summed E-state index contributed by atoms with van der Waals surface area (Å²) in [4.78, 5) is 38.5. The van der Waals surface area contributed by atoms with Crippen LogP contribution < -0.4 is 26.4 Å². The Morgan fingerprint density at radius 3 is 2.39 bits per heavy atom. The van der Waals surface area contributed by atoms with Crippen LogP contribution in [0.1, 0.15) is 31.2 Å². The average Bonchev–Trinajstić information content (AvgIpc) is 2.81. The minimum absolute atomic E-state index is 0.0265. The molecule has 8 heteroatoms. The van der Waals surface area contributed by atoms with E-state index < -0.39 is 10.9 Å². The molecule has 4 rings (SSSR count). The summed E-state index contributed by atoms with van der Waals surface area (Å²) in [6.07, 6.45) is 3.52. The van der Waals surface area contributed by atoms with Crippen molar-refractivity contribution in [3.8, 4) is 0 Å². The van der Waals surface area contributed by atoms with Crippen molar-refractivity contribution in [3.05, 3.63) is 55.3 Å². The number of amides is 1. The van der Waals surface area contributed by atoms with Gasteiger partial charge in [0.15, 0.2) is 0 Å². The van der Waals surface area contributed by atoms with E-state index in [1.165, 1.54) is 0 Å². The monoisotopic (exact) mass is 445 g/mol. The number of anilines is 2. The van der Waals surface area contributed by atoms with Crippen LogP contribution in [0.4, 0.5) is 11.4 Å². The maximum absolute atomic E-state index is 12.5. The highest BCUT2D eigenvalue weighted by Crippen LogP contribution is 2.30. The first-order valence-corrected chi connectivity index (χ1v) is 11.3. The molecule has 1 saturated carbocycles. The minimum Gasteiger partial charge on any atom is -0.380 e. The molecule has 0 atom stereocenters. The molecule has 2 aromatic rings. The van der Waals surface area contributed by atoms with Crippen molar-refractivity contribution < 1.29 is 9.53 Å². The van der Waals surface area contributed by atoms with Crippen molar-refractivity contribution in [2.45, 2.75) is 32.2 Å². The lowest BCUT2D eigenvalue weighted by Gasteiger charge is -2.32. The first kappa shape index (κ1) is 21.8. The summed E-state index contributed by atoms with van der Waals surface area (Å²) in [5, 5.41) is 6.93. The van der Waals surface area contributed by atoms with Crippen molar-refractivity contribution in [2.24, 2.45) is 11.8 Å². The number of hydrogen-bond donors (Lipinski definition) is 2. The van der Waals surface area contributed by atoms with Crippen LogP contribution in [0.2, 0.25) is 5.02 Å². The van der Waals surface area contributed by atoms with Gasteiger partial charge in [0.2, 0.25) is 5.91 Å². The molecule has 2 aliphatic rings. The Labute approximate surface area is 186 Å². The predicted molar refractivity (Wildman–Crippen MR) is 122 cm³/mol. The second-order valence-electron chi connectivity index (χ2n) is 8.42. The van der Waals surface area contributed by atoms with Crippen LogP contribution in [0.5, 0.6) is 0 Å². The number of ether oxygens (including phenoxy) is 1. The highest BCUT2D eigenvalue weighted by molar-refractivity contribution is 6.30. The molecular weight excluding hydrogens is 418 g/mol. The van der Waals surface area contributed by atoms with Crippen LogP contribution in [0.25, 0.3) is 0 Å². The number of rotatable bonds is 7. The smallest absolute Gasteiger partial charge is 0.253 e. The molecule has 1 saturated heterocycles. The largest absolute Gasteiger partial charge is 0.380 e. The van der Waals surface area contributed by atoms with Gasteiger partial charge < -0.3 is 20.3 Å². The van der Waals surface area contributed by atoms with E-state index in [1.54, 1.807) is 0 Å². The van der Waals surface area contributed by atoms with E-state index in [9.17, 15) is 14.4 Å². The van der Waals surface area contributed by atoms with Crippen molar-refractivity contribution in [1.29, 1.82) is 0 Å². The molecule has 1 heterocycles. The zero-order valence-electron chi connectivity index (χ0n) is 17.5. The summed E-state index contributed by atoms with van der Waals surface area (Å²) in [5.41, 5.74) is 1.18. The van der Waals surface area contributed by atoms with Crippen LogP contribution in [0.15, 0.2) is 33.9 Å². The quantitative estimate of drug-likeness (QED) is 0.636. The summed E-state index contributed by atoms with van der Waals surface area (Å²) in [5.74, 6) is 0.513. The maximum atomic E-state index is 12.5. The van der Waals surface area contributed by atoms with Gasteiger partial charge in [-0.25, -0.2) is 0 Å². The zero-order chi connectivity index (χ0) is 21.8. The van der Waals surface area contributed by atoms with E-state index in [4.69, 9.17) is 16.3 Å². The summed E-state index contributed by atoms with van der Waals surface area (Å²) in [6.45, 7) is 3.57. The van der Waals surface area contributed by atoms with E-state index in [2.05, 4.69) is 10.6 Å². The number of morpholine rings is 1. The first-order valence-electron chi connectivity index (χ1n) is 10.9. The molecule has 2 aromatic carbocycles. The molecule has 0 unspecified atom stereocenters. The van der Waals surface area contributed by atoms with Crippen LogP contribution in [0.3, 0.4) is 0 Å². The van der Waals surface area contributed by atoms with Gasteiger partial charge in [0.05, 0.1) is 13.2 Å². The van der Waals surface area contributed by atoms with Gasteiger partial charge in [0.1, 0.15) is 11.4 Å². The van der Waals surface area contributed by atoms with Gasteiger partial charge in [-0.3, -0.25) is 14.4 Å². The van der Waals surface area contributed by atoms with Gasteiger partial charge in [-0.1, -0.05) is 23.7 Å². The fourth-order valence-electron chi connectivity index (χ4n) is 4.44. The Balaban J connectivity index is 1.22. The number of nitrogens with one attached hydrogen (secondary N) is 2. The van der Waals surface area contributed by atoms with Gasteiger partial charge in [0.25, 0.3) is 10.9 Å². The molecular formula is C23H28ClN3O4. The molecule has 31 heavy (non-hydrogen) atoms. The lowest BCUT2D eigenvalue weighted by Crippen LogP contribution is -2.47. The van der Waals surface area contributed by atoms with Gasteiger partial charge in [-0.2, -0.15) is 0 Å². The number of hydrogen-bond acceptors (Lipinski definition) is 6. The third-order valence-corrected chi connectivity index (χ3v) is 6.63. The molecule has 0 radical (unpaired) electrons. The van der Waals surface area contributed by atoms with E-state index in [-0.39, 0.29) is 11.8 Å². The Hall–Kier alpha value is -2.38. The van der Waals surface area contributed by atoms with E-state index in [0.29, 0.717) is 61.7 Å². The normalized spacial score (nSPS) is 21.8. The van der Waals surface area contributed by atoms with Crippen molar-refractivity contribution >= 4 is 28.9 Å². The lowest BCUT2D eigenvalue weighted by molar-refractivity contribution is -0.126. The SMILES string of the molecule is O=C(NCc1ccc(Cl)cc1)C1CCC(CNc2c(N3CCOCC3)c(=O)c2=O)CC1. The molecule has 1 aliphatic carbocycles. The third-order valence-electron chi connectivity index (χ3n) is 6.38. The van der Waals surface area contributed by atoms with Crippen LogP contribution in [-0.2, 0) is 16.1 Å². The Kier molecular flexibility index (Phi) is 6.92. The summed E-state index contributed by atoms with van der Waals surface area (Å²) >= 11 is 5.89. The highest BCUT2D eigenvalue weighted by Gasteiger charge is 2.29. The van der Waals surface area contributed by atoms with E-state index >= 15 is 0 Å². The topological polar surface area (TPSA) is 87.7 Å². The molecule has 1 amide bonds. The van der Waals surface area contributed by atoms with Crippen molar-refractivity contribution in [1.82, 2.24) is 5.32 Å². The fourth-order valence-corrected chi connectivity index (χ4v) is 4.57. The number of nitrogens with zero attached hydrogens (tertiary/aromatic N) is 1. The minimum atomic E-state index is -0.420. The Bertz CT molecular complexity index is 970. The first-order chi connectivity index (χ1) is 15.0. The predicted octanol–water partition coefficient (Wildman–Crippen LogP) is 2.31. The Morgan fingerprint density at radius 2 is 1.71 bits per heavy atom. The lowest BCUT2D eigenvalue weighted by atomic mass is 9.81. The summed E-state index contributed by atoms with van der Waals surface area (Å²) in [6, 6.07) is 7.47. The van der Waals surface area contributed by atoms with E-state index in [1.807, 2.05) is 29.2 Å². The van der Waals surface area contributed by atoms with Gasteiger partial charge in [-0.05, 0) is 49.3 Å². The van der Waals surface area contributed by atoms with Crippen molar-refractivity contribution in [3.63, 3.8) is 0 Å².